The highest BCUT2D eigenvalue weighted by Gasteiger charge is 2.19. The maximum absolute atomic E-state index is 11.5. The van der Waals surface area contributed by atoms with Gasteiger partial charge in [-0.1, -0.05) is 31.5 Å². The first-order chi connectivity index (χ1) is 7.90. The Morgan fingerprint density at radius 1 is 1.24 bits per heavy atom. The molecular weight excluding hydrogens is 281 g/mol. The van der Waals surface area contributed by atoms with Crippen LogP contribution in [0.5, 0.6) is 0 Å². The Bertz CT molecular complexity index is 484. The molecule has 6 heteroatoms. The van der Waals surface area contributed by atoms with Gasteiger partial charge < -0.3 is 0 Å². The van der Waals surface area contributed by atoms with Crippen molar-refractivity contribution in [1.29, 1.82) is 0 Å². The second-order valence-electron chi connectivity index (χ2n) is 3.62. The second-order valence-corrected chi connectivity index (χ2v) is 6.56. The molecular formula is C11H15Cl2NO2S. The number of benzene rings is 1. The van der Waals surface area contributed by atoms with Gasteiger partial charge in [0.25, 0.3) is 9.05 Å². The van der Waals surface area contributed by atoms with E-state index >= 15 is 0 Å². The van der Waals surface area contributed by atoms with Crippen molar-refractivity contribution in [2.24, 2.45) is 0 Å². The number of hydrogen-bond donors (Lipinski definition) is 0. The van der Waals surface area contributed by atoms with Crippen LogP contribution in [0.2, 0.25) is 5.02 Å². The van der Waals surface area contributed by atoms with Crippen LogP contribution in [0.1, 0.15) is 19.4 Å². The molecule has 17 heavy (non-hydrogen) atoms. The molecule has 0 heterocycles. The van der Waals surface area contributed by atoms with Gasteiger partial charge in [0, 0.05) is 27.8 Å². The molecule has 1 aromatic rings. The zero-order valence-corrected chi connectivity index (χ0v) is 12.1. The zero-order valence-electron chi connectivity index (χ0n) is 9.78. The van der Waals surface area contributed by atoms with Crippen molar-refractivity contribution < 1.29 is 8.42 Å². The van der Waals surface area contributed by atoms with E-state index in [0.29, 0.717) is 17.1 Å². The van der Waals surface area contributed by atoms with Crippen molar-refractivity contribution >= 4 is 31.3 Å². The maximum atomic E-state index is 11.5. The van der Waals surface area contributed by atoms with Crippen molar-refractivity contribution in [3.8, 4) is 0 Å². The summed E-state index contributed by atoms with van der Waals surface area (Å²) in [7, 11) is 1.64. The van der Waals surface area contributed by atoms with Crippen LogP contribution in [0.25, 0.3) is 0 Å². The molecule has 0 amide bonds. The van der Waals surface area contributed by atoms with Gasteiger partial charge >= 0.3 is 0 Å². The monoisotopic (exact) mass is 295 g/mol. The average Bonchev–Trinajstić information content (AvgIpc) is 2.26. The topological polar surface area (TPSA) is 37.4 Å². The molecule has 0 aliphatic heterocycles. The van der Waals surface area contributed by atoms with Crippen LogP contribution in [-0.2, 0) is 15.6 Å². The molecule has 0 spiro atoms. The molecule has 0 saturated carbocycles. The Hall–Kier alpha value is -0.290. The van der Waals surface area contributed by atoms with E-state index in [1.807, 2.05) is 13.8 Å². The molecule has 0 aromatic heterocycles. The van der Waals surface area contributed by atoms with Gasteiger partial charge in [-0.2, -0.15) is 0 Å². The fourth-order valence-corrected chi connectivity index (χ4v) is 3.03. The molecule has 96 valence electrons. The predicted octanol–water partition coefficient (Wildman–Crippen LogP) is 3.11. The second kappa shape index (κ2) is 6.05. The van der Waals surface area contributed by atoms with E-state index in [4.69, 9.17) is 22.3 Å². The van der Waals surface area contributed by atoms with Crippen LogP contribution in [-0.4, -0.2) is 26.4 Å². The molecule has 0 aliphatic rings. The highest BCUT2D eigenvalue weighted by atomic mass is 35.7. The number of hydrogen-bond acceptors (Lipinski definition) is 3. The molecule has 0 fully saturated rings. The minimum atomic E-state index is -3.76. The van der Waals surface area contributed by atoms with Gasteiger partial charge in [0.05, 0.1) is 4.90 Å². The molecule has 0 N–H and O–H groups in total. The standard InChI is InChI=1S/C11H15Cl2NO2S/c1-3-14(4-2)8-9-10(12)6-5-7-11(9)17(13,15)16/h5-7H,3-4,8H2,1-2H3. The fourth-order valence-electron chi connectivity index (χ4n) is 1.59. The van der Waals surface area contributed by atoms with Crippen LogP contribution in [0.15, 0.2) is 23.1 Å². The highest BCUT2D eigenvalue weighted by molar-refractivity contribution is 8.13. The van der Waals surface area contributed by atoms with Gasteiger partial charge in [-0.05, 0) is 25.2 Å². The van der Waals surface area contributed by atoms with Crippen molar-refractivity contribution in [3.05, 3.63) is 28.8 Å². The third-order valence-corrected chi connectivity index (χ3v) is 4.38. The van der Waals surface area contributed by atoms with Gasteiger partial charge in [-0.15, -0.1) is 0 Å². The minimum absolute atomic E-state index is 0.0959. The van der Waals surface area contributed by atoms with Gasteiger partial charge in [0.1, 0.15) is 0 Å². The first-order valence-corrected chi connectivity index (χ1v) is 8.03. The van der Waals surface area contributed by atoms with E-state index in [0.717, 1.165) is 13.1 Å². The van der Waals surface area contributed by atoms with E-state index in [-0.39, 0.29) is 4.90 Å². The molecule has 0 radical (unpaired) electrons. The molecule has 1 rings (SSSR count). The highest BCUT2D eigenvalue weighted by Crippen LogP contribution is 2.27. The first kappa shape index (κ1) is 14.8. The number of halogens is 2. The normalized spacial score (nSPS) is 12.1. The third kappa shape index (κ3) is 3.85. The van der Waals surface area contributed by atoms with E-state index in [1.54, 1.807) is 12.1 Å². The fraction of sp³-hybridized carbons (Fsp3) is 0.455. The van der Waals surface area contributed by atoms with E-state index < -0.39 is 9.05 Å². The van der Waals surface area contributed by atoms with Gasteiger partial charge in [-0.25, -0.2) is 8.42 Å². The van der Waals surface area contributed by atoms with Gasteiger partial charge in [0.15, 0.2) is 0 Å². The van der Waals surface area contributed by atoms with Crippen LogP contribution >= 0.6 is 22.3 Å². The first-order valence-electron chi connectivity index (χ1n) is 5.34. The largest absolute Gasteiger partial charge is 0.300 e. The SMILES string of the molecule is CCN(CC)Cc1c(Cl)cccc1S(=O)(=O)Cl. The molecule has 0 aliphatic carbocycles. The maximum Gasteiger partial charge on any atom is 0.261 e. The smallest absolute Gasteiger partial charge is 0.261 e. The Morgan fingerprint density at radius 3 is 2.29 bits per heavy atom. The van der Waals surface area contributed by atoms with Gasteiger partial charge in [0.2, 0.25) is 0 Å². The molecule has 0 unspecified atom stereocenters. The lowest BCUT2D eigenvalue weighted by molar-refractivity contribution is 0.293. The summed E-state index contributed by atoms with van der Waals surface area (Å²) in [4.78, 5) is 2.17. The number of rotatable bonds is 5. The third-order valence-electron chi connectivity index (χ3n) is 2.61. The Morgan fingerprint density at radius 2 is 1.82 bits per heavy atom. The zero-order chi connectivity index (χ0) is 13.1. The Balaban J connectivity index is 3.22. The Kier molecular flexibility index (Phi) is 5.25. The van der Waals surface area contributed by atoms with Crippen molar-refractivity contribution in [2.45, 2.75) is 25.3 Å². The summed E-state index contributed by atoms with van der Waals surface area (Å²) in [6.07, 6.45) is 0. The lowest BCUT2D eigenvalue weighted by atomic mass is 10.2. The van der Waals surface area contributed by atoms with E-state index in [1.165, 1.54) is 6.07 Å². The summed E-state index contributed by atoms with van der Waals surface area (Å²) < 4.78 is 22.9. The Labute approximate surface area is 112 Å². The van der Waals surface area contributed by atoms with Crippen LogP contribution in [0.3, 0.4) is 0 Å². The lowest BCUT2D eigenvalue weighted by Crippen LogP contribution is -2.23. The summed E-state index contributed by atoms with van der Waals surface area (Å²) in [5.41, 5.74) is 0.563. The minimum Gasteiger partial charge on any atom is -0.300 e. The quantitative estimate of drug-likeness (QED) is 0.783. The van der Waals surface area contributed by atoms with Crippen molar-refractivity contribution in [2.75, 3.05) is 13.1 Å². The lowest BCUT2D eigenvalue weighted by Gasteiger charge is -2.20. The molecule has 0 atom stereocenters. The predicted molar refractivity (Wildman–Crippen MR) is 71.1 cm³/mol. The van der Waals surface area contributed by atoms with Crippen LogP contribution in [0, 0.1) is 0 Å². The van der Waals surface area contributed by atoms with Crippen molar-refractivity contribution in [3.63, 3.8) is 0 Å². The summed E-state index contributed by atoms with van der Waals surface area (Å²) in [6.45, 7) is 6.14. The average molecular weight is 296 g/mol. The summed E-state index contributed by atoms with van der Waals surface area (Å²) in [6, 6.07) is 4.74. The van der Waals surface area contributed by atoms with Crippen LogP contribution in [0.4, 0.5) is 0 Å². The number of nitrogens with zero attached hydrogens (tertiary/aromatic N) is 1. The summed E-state index contributed by atoms with van der Waals surface area (Å²) in [5, 5.41) is 0.429. The van der Waals surface area contributed by atoms with Crippen LogP contribution < -0.4 is 0 Å². The summed E-state index contributed by atoms with van der Waals surface area (Å²) >= 11 is 6.04. The summed E-state index contributed by atoms with van der Waals surface area (Å²) in [5.74, 6) is 0. The molecule has 1 aromatic carbocycles. The van der Waals surface area contributed by atoms with E-state index in [2.05, 4.69) is 4.90 Å². The van der Waals surface area contributed by atoms with E-state index in [9.17, 15) is 8.42 Å². The van der Waals surface area contributed by atoms with Gasteiger partial charge in [-0.3, -0.25) is 4.90 Å². The molecule has 3 nitrogen and oxygen atoms in total. The molecule has 0 bridgehead atoms. The molecule has 0 saturated heterocycles. The van der Waals surface area contributed by atoms with Crippen molar-refractivity contribution in [1.82, 2.24) is 4.90 Å².